The highest BCUT2D eigenvalue weighted by atomic mass is 32.2. The van der Waals surface area contributed by atoms with Gasteiger partial charge in [0.15, 0.2) is 11.6 Å². The molecule has 0 saturated carbocycles. The number of hydrogen-bond acceptors (Lipinski definition) is 8. The molecular weight excluding hydrogens is 509 g/mol. The van der Waals surface area contributed by atoms with Crippen LogP contribution in [0.4, 0.5) is 18.0 Å². The largest absolute Gasteiger partial charge is 0.490 e. The van der Waals surface area contributed by atoms with Gasteiger partial charge in [-0.2, -0.15) is 13.2 Å². The van der Waals surface area contributed by atoms with Crippen LogP contribution in [0.2, 0.25) is 0 Å². The number of carboxylic acids is 1. The van der Waals surface area contributed by atoms with Gasteiger partial charge >= 0.3 is 18.2 Å². The number of piperidine rings is 1. The van der Waals surface area contributed by atoms with Crippen LogP contribution >= 0.6 is 0 Å². The van der Waals surface area contributed by atoms with Crippen molar-refractivity contribution in [2.24, 2.45) is 0 Å². The monoisotopic (exact) mass is 534 g/mol. The van der Waals surface area contributed by atoms with Crippen molar-refractivity contribution in [3.8, 4) is 11.4 Å². The Hall–Kier alpha value is -3.27. The summed E-state index contributed by atoms with van der Waals surface area (Å²) in [6, 6.07) is 3.75. The minimum absolute atomic E-state index is 0.0765. The van der Waals surface area contributed by atoms with Gasteiger partial charge in [-0.05, 0) is 31.9 Å². The molecule has 0 aromatic carbocycles. The SMILES string of the molecule is CCS(=O)(=O)N1CCC2(CC1)CN(C(=O)OC)Cc1nnc(-c3cccnc3)n12.O=C(O)C(F)(F)F. The molecule has 16 heteroatoms. The van der Waals surface area contributed by atoms with Gasteiger partial charge in [0.1, 0.15) is 0 Å². The van der Waals surface area contributed by atoms with E-state index in [0.29, 0.717) is 50.7 Å². The van der Waals surface area contributed by atoms with E-state index in [1.165, 1.54) is 11.4 Å². The fraction of sp³-hybridized carbons (Fsp3) is 0.550. The van der Waals surface area contributed by atoms with E-state index >= 15 is 0 Å². The summed E-state index contributed by atoms with van der Waals surface area (Å²) in [6.45, 7) is 3.12. The molecule has 0 aliphatic carbocycles. The van der Waals surface area contributed by atoms with Crippen molar-refractivity contribution < 1.29 is 41.0 Å². The third kappa shape index (κ3) is 5.59. The fourth-order valence-corrected chi connectivity index (χ4v) is 5.36. The van der Waals surface area contributed by atoms with Gasteiger partial charge in [-0.3, -0.25) is 9.88 Å². The van der Waals surface area contributed by atoms with E-state index in [0.717, 1.165) is 5.56 Å². The molecule has 2 aromatic heterocycles. The van der Waals surface area contributed by atoms with Gasteiger partial charge in [0, 0.05) is 37.6 Å². The first-order valence-corrected chi connectivity index (χ1v) is 12.4. The number of carbonyl (C=O) groups is 2. The molecule has 2 aliphatic rings. The number of hydrogen-bond donors (Lipinski definition) is 1. The number of amides is 1. The van der Waals surface area contributed by atoms with Gasteiger partial charge in [-0.15, -0.1) is 10.2 Å². The first kappa shape index (κ1) is 27.3. The predicted octanol–water partition coefficient (Wildman–Crippen LogP) is 1.70. The summed E-state index contributed by atoms with van der Waals surface area (Å²) in [5.74, 6) is -1.34. The lowest BCUT2D eigenvalue weighted by Crippen LogP contribution is -2.57. The molecule has 1 spiro atoms. The molecule has 4 heterocycles. The highest BCUT2D eigenvalue weighted by Crippen LogP contribution is 2.39. The lowest BCUT2D eigenvalue weighted by atomic mass is 9.85. The van der Waals surface area contributed by atoms with Gasteiger partial charge in [-0.25, -0.2) is 22.3 Å². The number of aliphatic carboxylic acids is 1. The summed E-state index contributed by atoms with van der Waals surface area (Å²) in [4.78, 5) is 27.0. The van der Waals surface area contributed by atoms with Gasteiger partial charge in [0.2, 0.25) is 10.0 Å². The summed E-state index contributed by atoms with van der Waals surface area (Å²) in [5.41, 5.74) is 0.330. The maximum absolute atomic E-state index is 12.3. The molecule has 0 bridgehead atoms. The Kier molecular flexibility index (Phi) is 7.88. The molecule has 2 aliphatic heterocycles. The first-order chi connectivity index (χ1) is 16.8. The molecule has 2 aromatic rings. The summed E-state index contributed by atoms with van der Waals surface area (Å²) in [6.07, 6.45) is -0.977. The zero-order chi connectivity index (χ0) is 26.7. The second-order valence-electron chi connectivity index (χ2n) is 8.17. The number of nitrogens with zero attached hydrogens (tertiary/aromatic N) is 6. The Bertz CT molecular complexity index is 1200. The van der Waals surface area contributed by atoms with Crippen LogP contribution in [0.5, 0.6) is 0 Å². The highest BCUT2D eigenvalue weighted by molar-refractivity contribution is 7.89. The van der Waals surface area contributed by atoms with Crippen molar-refractivity contribution in [3.63, 3.8) is 0 Å². The molecule has 1 amide bonds. The number of pyridine rings is 1. The number of methoxy groups -OCH3 is 1. The molecular formula is C20H25F3N6O6S. The van der Waals surface area contributed by atoms with Crippen molar-refractivity contribution in [1.82, 2.24) is 29.0 Å². The summed E-state index contributed by atoms with van der Waals surface area (Å²) >= 11 is 0. The second-order valence-corrected chi connectivity index (χ2v) is 10.4. The number of aromatic nitrogens is 4. The number of carbonyl (C=O) groups excluding carboxylic acids is 1. The minimum atomic E-state index is -5.08. The molecule has 1 fully saturated rings. The van der Waals surface area contributed by atoms with E-state index in [1.807, 2.05) is 12.1 Å². The molecule has 0 radical (unpaired) electrons. The molecule has 36 heavy (non-hydrogen) atoms. The minimum Gasteiger partial charge on any atom is -0.475 e. The average molecular weight is 535 g/mol. The lowest BCUT2D eigenvalue weighted by Gasteiger charge is -2.48. The second kappa shape index (κ2) is 10.4. The van der Waals surface area contributed by atoms with Crippen molar-refractivity contribution in [3.05, 3.63) is 30.4 Å². The highest BCUT2D eigenvalue weighted by Gasteiger charge is 2.47. The number of fused-ring (bicyclic) bond motifs is 2. The van der Waals surface area contributed by atoms with Crippen LogP contribution in [0, 0.1) is 0 Å². The number of halogens is 3. The number of ether oxygens (including phenoxy) is 1. The summed E-state index contributed by atoms with van der Waals surface area (Å²) in [7, 11) is -1.91. The standard InChI is InChI=1S/C18H24N6O4S.C2HF3O2/c1-3-29(26,27)23-9-6-18(7-10-23)13-22(17(25)28-2)12-15-20-21-16(24(15)18)14-5-4-8-19-11-14;3-2(4,5)1(6)7/h4-5,8,11H,3,6-7,9-10,12-13H2,1-2H3;(H,6,7). The van der Waals surface area contributed by atoms with Gasteiger partial charge < -0.3 is 14.4 Å². The van der Waals surface area contributed by atoms with Crippen LogP contribution < -0.4 is 0 Å². The van der Waals surface area contributed by atoms with E-state index in [2.05, 4.69) is 19.7 Å². The fourth-order valence-electron chi connectivity index (χ4n) is 4.26. The number of carboxylic acid groups (broad SMARTS) is 1. The van der Waals surface area contributed by atoms with Crippen molar-refractivity contribution >= 4 is 22.1 Å². The van der Waals surface area contributed by atoms with E-state index in [9.17, 15) is 26.4 Å². The number of alkyl halides is 3. The zero-order valence-corrected chi connectivity index (χ0v) is 20.3. The van der Waals surface area contributed by atoms with Gasteiger partial charge in [-0.1, -0.05) is 0 Å². The van der Waals surface area contributed by atoms with Gasteiger partial charge in [0.25, 0.3) is 0 Å². The Balaban J connectivity index is 0.000000454. The molecule has 4 rings (SSSR count). The summed E-state index contributed by atoms with van der Waals surface area (Å²) in [5, 5.41) is 15.8. The number of sulfonamides is 1. The van der Waals surface area contributed by atoms with Crippen LogP contribution in [-0.2, 0) is 31.6 Å². The smallest absolute Gasteiger partial charge is 0.475 e. The molecule has 0 unspecified atom stereocenters. The van der Waals surface area contributed by atoms with Crippen LogP contribution in [0.3, 0.4) is 0 Å². The average Bonchev–Trinajstić information content (AvgIpc) is 3.29. The van der Waals surface area contributed by atoms with Crippen LogP contribution in [0.25, 0.3) is 11.4 Å². The van der Waals surface area contributed by atoms with Gasteiger partial charge in [0.05, 0.1) is 24.9 Å². The van der Waals surface area contributed by atoms with Crippen molar-refractivity contribution in [2.75, 3.05) is 32.5 Å². The summed E-state index contributed by atoms with van der Waals surface area (Å²) < 4.78 is 64.9. The van der Waals surface area contributed by atoms with E-state index in [1.54, 1.807) is 24.2 Å². The Morgan fingerprint density at radius 2 is 1.86 bits per heavy atom. The van der Waals surface area contributed by atoms with Crippen LogP contribution in [0.15, 0.2) is 24.5 Å². The predicted molar refractivity (Wildman–Crippen MR) is 118 cm³/mol. The topological polar surface area (TPSA) is 148 Å². The lowest BCUT2D eigenvalue weighted by molar-refractivity contribution is -0.192. The third-order valence-electron chi connectivity index (χ3n) is 6.03. The molecule has 12 nitrogen and oxygen atoms in total. The first-order valence-electron chi connectivity index (χ1n) is 10.8. The Morgan fingerprint density at radius 3 is 2.36 bits per heavy atom. The van der Waals surface area contributed by atoms with Crippen LogP contribution in [0.1, 0.15) is 25.6 Å². The number of rotatable bonds is 3. The maximum atomic E-state index is 12.3. The maximum Gasteiger partial charge on any atom is 0.490 e. The Morgan fingerprint density at radius 1 is 1.22 bits per heavy atom. The van der Waals surface area contributed by atoms with E-state index < -0.39 is 33.8 Å². The quantitative estimate of drug-likeness (QED) is 0.621. The normalized spacial score (nSPS) is 17.6. The zero-order valence-electron chi connectivity index (χ0n) is 19.5. The Labute approximate surface area is 204 Å². The van der Waals surface area contributed by atoms with E-state index in [-0.39, 0.29) is 5.75 Å². The molecule has 198 valence electrons. The van der Waals surface area contributed by atoms with Crippen molar-refractivity contribution in [2.45, 2.75) is 38.0 Å². The van der Waals surface area contributed by atoms with Crippen LogP contribution in [-0.4, -0.2) is 93.2 Å². The molecule has 1 saturated heterocycles. The molecule has 0 atom stereocenters. The third-order valence-corrected chi connectivity index (χ3v) is 7.91. The van der Waals surface area contributed by atoms with E-state index in [4.69, 9.17) is 14.6 Å². The molecule has 1 N–H and O–H groups in total. The van der Waals surface area contributed by atoms with Crippen molar-refractivity contribution in [1.29, 1.82) is 0 Å².